The second-order valence-corrected chi connectivity index (χ2v) is 10.1. The van der Waals surface area contributed by atoms with Gasteiger partial charge in [0.05, 0.1) is 6.61 Å². The Morgan fingerprint density at radius 2 is 1.97 bits per heavy atom. The van der Waals surface area contributed by atoms with Crippen LogP contribution in [0.1, 0.15) is 52.4 Å². The van der Waals surface area contributed by atoms with E-state index < -0.39 is 18.7 Å². The van der Waals surface area contributed by atoms with Crippen molar-refractivity contribution in [2.24, 2.45) is 5.92 Å². The Morgan fingerprint density at radius 3 is 2.54 bits per heavy atom. The maximum atomic E-state index is 13.0. The summed E-state index contributed by atoms with van der Waals surface area (Å²) in [6.07, 6.45) is 4.47. The van der Waals surface area contributed by atoms with E-state index in [0.29, 0.717) is 38.6 Å². The van der Waals surface area contributed by atoms with Crippen LogP contribution in [-0.4, -0.2) is 19.2 Å². The molecule has 1 aliphatic rings. The van der Waals surface area contributed by atoms with Gasteiger partial charge in [0.25, 0.3) is 0 Å². The summed E-state index contributed by atoms with van der Waals surface area (Å²) in [4.78, 5) is 14.3. The summed E-state index contributed by atoms with van der Waals surface area (Å²) in [5.41, 5.74) is 1.05. The van der Waals surface area contributed by atoms with Gasteiger partial charge < -0.3 is 14.2 Å². The van der Waals surface area contributed by atoms with Crippen molar-refractivity contribution in [2.45, 2.75) is 45.8 Å². The first kappa shape index (κ1) is 27.2. The lowest BCUT2D eigenvalue weighted by Crippen LogP contribution is -2.13. The predicted molar refractivity (Wildman–Crippen MR) is 136 cm³/mol. The molecule has 1 atom stereocenters. The molecule has 1 fully saturated rings. The number of ether oxygens (including phenoxy) is 3. The second-order valence-electron chi connectivity index (χ2n) is 8.01. The molecule has 1 aromatic carbocycles. The molecule has 2 aromatic rings. The summed E-state index contributed by atoms with van der Waals surface area (Å²) in [6, 6.07) is 8.02. The fraction of sp³-hybridized carbons (Fsp3) is 0.346. The molecule has 1 saturated carbocycles. The average molecular weight is 543 g/mol. The number of halogens is 4. The van der Waals surface area contributed by atoms with Crippen LogP contribution < -0.4 is 9.47 Å². The Morgan fingerprint density at radius 1 is 1.23 bits per heavy atom. The summed E-state index contributed by atoms with van der Waals surface area (Å²) < 4.78 is 42.2. The monoisotopic (exact) mass is 542 g/mol. The predicted octanol–water partition coefficient (Wildman–Crippen LogP) is 8.56. The maximum Gasteiger partial charge on any atom is 0.387 e. The smallest absolute Gasteiger partial charge is 0.387 e. The fourth-order valence-corrected chi connectivity index (χ4v) is 4.43. The average Bonchev–Trinajstić information content (AvgIpc) is 3.57. The highest BCUT2D eigenvalue weighted by atomic mass is 35.5. The summed E-state index contributed by atoms with van der Waals surface area (Å²) in [6.45, 7) is 4.73. The van der Waals surface area contributed by atoms with Crippen LogP contribution >= 0.6 is 34.5 Å². The molecule has 1 heterocycles. The minimum absolute atomic E-state index is 0.0882. The van der Waals surface area contributed by atoms with Gasteiger partial charge in [0.2, 0.25) is 0 Å². The van der Waals surface area contributed by atoms with E-state index in [0.717, 1.165) is 17.7 Å². The van der Waals surface area contributed by atoms with Gasteiger partial charge in [-0.25, -0.2) is 4.79 Å². The number of hydrogen-bond donors (Lipinski definition) is 0. The van der Waals surface area contributed by atoms with E-state index in [1.807, 2.05) is 13.0 Å². The molecule has 0 aliphatic heterocycles. The third kappa shape index (κ3) is 7.82. The Kier molecular flexibility index (Phi) is 9.78. The molecule has 35 heavy (non-hydrogen) atoms. The van der Waals surface area contributed by atoms with Crippen molar-refractivity contribution in [2.75, 3.05) is 6.61 Å². The van der Waals surface area contributed by atoms with Crippen LogP contribution in [0, 0.1) is 12.8 Å². The van der Waals surface area contributed by atoms with E-state index in [1.54, 1.807) is 31.2 Å². The topological polar surface area (TPSA) is 44.8 Å². The molecule has 0 unspecified atom stereocenters. The molecule has 1 aromatic heterocycles. The molecule has 9 heteroatoms. The molecule has 188 valence electrons. The third-order valence-corrected chi connectivity index (χ3v) is 7.13. The number of thiophene rings is 1. The van der Waals surface area contributed by atoms with Crippen LogP contribution in [0.3, 0.4) is 0 Å². The minimum atomic E-state index is -3.01. The minimum Gasteiger partial charge on any atom is -0.489 e. The van der Waals surface area contributed by atoms with Crippen LogP contribution in [0.15, 0.2) is 64.7 Å². The molecular weight excluding hydrogens is 517 g/mol. The number of carbonyl (C=O) groups is 1. The van der Waals surface area contributed by atoms with Crippen LogP contribution in [0.4, 0.5) is 8.78 Å². The number of esters is 1. The Labute approximate surface area is 217 Å². The molecule has 0 spiro atoms. The zero-order valence-corrected chi connectivity index (χ0v) is 21.7. The van der Waals surface area contributed by atoms with Crippen LogP contribution in [0.2, 0.25) is 0 Å². The standard InChI is InChI=1S/C26H26Cl2F2O4S/c1-4-19(27)18(20(28)5-2)13-22(33-25(31)24-11-6-15(3)35-24)17-9-10-21(34-26(29)30)23(12-17)32-14-16-7-8-16/h4-6,9-12,16,22,26H,1,7-8,13-14H2,2-3H3/b19-18+,20-5+/t22-/m0/s1. The number of alkyl halides is 2. The maximum absolute atomic E-state index is 13.0. The van der Waals surface area contributed by atoms with Crippen molar-refractivity contribution in [3.63, 3.8) is 0 Å². The molecule has 1 aliphatic carbocycles. The molecule has 0 saturated heterocycles. The first-order chi connectivity index (χ1) is 16.7. The van der Waals surface area contributed by atoms with Gasteiger partial charge in [-0.15, -0.1) is 11.3 Å². The van der Waals surface area contributed by atoms with Crippen molar-refractivity contribution in [1.82, 2.24) is 0 Å². The molecule has 0 radical (unpaired) electrons. The second kappa shape index (κ2) is 12.6. The van der Waals surface area contributed by atoms with E-state index in [9.17, 15) is 13.6 Å². The van der Waals surface area contributed by atoms with Gasteiger partial charge in [-0.1, -0.05) is 48.0 Å². The normalized spacial score (nSPS) is 15.5. The van der Waals surface area contributed by atoms with Gasteiger partial charge in [0.1, 0.15) is 11.0 Å². The highest BCUT2D eigenvalue weighted by Gasteiger charge is 2.26. The van der Waals surface area contributed by atoms with Gasteiger partial charge >= 0.3 is 12.6 Å². The number of allylic oxidation sites excluding steroid dienone is 4. The lowest BCUT2D eigenvalue weighted by molar-refractivity contribution is -0.0515. The van der Waals surface area contributed by atoms with Gasteiger partial charge in [0.15, 0.2) is 11.5 Å². The Bertz CT molecular complexity index is 1120. The zero-order valence-electron chi connectivity index (χ0n) is 19.4. The van der Waals surface area contributed by atoms with Gasteiger partial charge in [-0.3, -0.25) is 0 Å². The van der Waals surface area contributed by atoms with Crippen LogP contribution in [0.5, 0.6) is 11.5 Å². The van der Waals surface area contributed by atoms with E-state index in [-0.39, 0.29) is 17.9 Å². The third-order valence-electron chi connectivity index (χ3n) is 5.32. The summed E-state index contributed by atoms with van der Waals surface area (Å²) in [7, 11) is 0. The molecular formula is C26H26Cl2F2O4S. The molecule has 0 bridgehead atoms. The summed E-state index contributed by atoms with van der Waals surface area (Å²) >= 11 is 14.1. The van der Waals surface area contributed by atoms with Crippen molar-refractivity contribution in [3.05, 3.63) is 80.0 Å². The quantitative estimate of drug-likeness (QED) is 0.199. The number of rotatable bonds is 12. The van der Waals surface area contributed by atoms with E-state index in [4.69, 9.17) is 32.7 Å². The van der Waals surface area contributed by atoms with Crippen molar-refractivity contribution >= 4 is 40.5 Å². The first-order valence-corrected chi connectivity index (χ1v) is 12.6. The molecule has 3 rings (SSSR count). The van der Waals surface area contributed by atoms with Gasteiger partial charge in [-0.2, -0.15) is 8.78 Å². The zero-order chi connectivity index (χ0) is 25.5. The lowest BCUT2D eigenvalue weighted by atomic mass is 9.99. The van der Waals surface area contributed by atoms with Gasteiger partial charge in [-0.05, 0) is 68.0 Å². The Balaban J connectivity index is 1.99. The number of carbonyl (C=O) groups excluding carboxylic acids is 1. The van der Waals surface area contributed by atoms with Crippen molar-refractivity contribution < 1.29 is 27.8 Å². The van der Waals surface area contributed by atoms with Crippen LogP contribution in [0.25, 0.3) is 0 Å². The SMILES string of the molecule is C=C/C(Cl)=C(C[C@H](OC(=O)c1ccc(C)s1)c1ccc(OC(F)F)c(OCC2CC2)c1)\C(Cl)=C/C. The molecule has 0 N–H and O–H groups in total. The number of hydrogen-bond acceptors (Lipinski definition) is 5. The largest absolute Gasteiger partial charge is 0.489 e. The van der Waals surface area contributed by atoms with Crippen molar-refractivity contribution in [3.8, 4) is 11.5 Å². The number of aryl methyl sites for hydroxylation is 1. The highest BCUT2D eigenvalue weighted by Crippen LogP contribution is 2.39. The first-order valence-electron chi connectivity index (χ1n) is 11.0. The lowest BCUT2D eigenvalue weighted by Gasteiger charge is -2.22. The van der Waals surface area contributed by atoms with E-state index >= 15 is 0 Å². The van der Waals surface area contributed by atoms with Crippen molar-refractivity contribution in [1.29, 1.82) is 0 Å². The fourth-order valence-electron chi connectivity index (χ4n) is 3.27. The molecule has 0 amide bonds. The summed E-state index contributed by atoms with van der Waals surface area (Å²) in [5.74, 6) is -0.0646. The van der Waals surface area contributed by atoms with Crippen LogP contribution in [-0.2, 0) is 4.74 Å². The van der Waals surface area contributed by atoms with E-state index in [1.165, 1.54) is 23.5 Å². The summed E-state index contributed by atoms with van der Waals surface area (Å²) in [5, 5.41) is 0.690. The van der Waals surface area contributed by atoms with Gasteiger partial charge in [0, 0.05) is 21.4 Å². The Hall–Kier alpha value is -2.35. The van der Waals surface area contributed by atoms with E-state index in [2.05, 4.69) is 11.3 Å². The highest BCUT2D eigenvalue weighted by molar-refractivity contribution is 7.13. The molecule has 4 nitrogen and oxygen atoms in total. The number of benzene rings is 1.